The highest BCUT2D eigenvalue weighted by atomic mass is 16.5. The van der Waals surface area contributed by atoms with Crippen LogP contribution in [0.2, 0.25) is 0 Å². The molecule has 7 heteroatoms. The fourth-order valence-electron chi connectivity index (χ4n) is 2.97. The zero-order valence-electron chi connectivity index (χ0n) is 14.2. The number of hydrogen-bond acceptors (Lipinski definition) is 7. The summed E-state index contributed by atoms with van der Waals surface area (Å²) in [5.41, 5.74) is 6.71. The van der Waals surface area contributed by atoms with Gasteiger partial charge in [-0.15, -0.1) is 0 Å². The molecule has 1 aliphatic heterocycles. The lowest BCUT2D eigenvalue weighted by molar-refractivity contribution is 0.149. The molecule has 0 amide bonds. The summed E-state index contributed by atoms with van der Waals surface area (Å²) in [5, 5.41) is 3.17. The van der Waals surface area contributed by atoms with Crippen LogP contribution in [0.5, 0.6) is 5.75 Å². The van der Waals surface area contributed by atoms with Crippen molar-refractivity contribution in [2.45, 2.75) is 38.8 Å². The molecule has 1 aliphatic rings. The Labute approximate surface area is 142 Å². The van der Waals surface area contributed by atoms with Crippen molar-refractivity contribution in [2.24, 2.45) is 0 Å². The van der Waals surface area contributed by atoms with Gasteiger partial charge in [-0.2, -0.15) is 15.0 Å². The van der Waals surface area contributed by atoms with Gasteiger partial charge in [0.1, 0.15) is 11.6 Å². The lowest BCUT2D eigenvalue weighted by atomic mass is 10.0. The van der Waals surface area contributed by atoms with Gasteiger partial charge in [-0.1, -0.05) is 12.5 Å². The number of nitrogens with one attached hydrogen (secondary N) is 1. The molecule has 1 atom stereocenters. The average molecular weight is 328 g/mol. The third-order valence-corrected chi connectivity index (χ3v) is 4.31. The summed E-state index contributed by atoms with van der Waals surface area (Å²) in [6.45, 7) is 4.02. The number of anilines is 3. The third-order valence-electron chi connectivity index (χ3n) is 4.31. The van der Waals surface area contributed by atoms with E-state index in [4.69, 9.17) is 10.5 Å². The predicted octanol–water partition coefficient (Wildman–Crippen LogP) is 2.58. The van der Waals surface area contributed by atoms with Gasteiger partial charge >= 0.3 is 0 Å². The Morgan fingerprint density at radius 3 is 2.96 bits per heavy atom. The second kappa shape index (κ2) is 7.44. The van der Waals surface area contributed by atoms with E-state index in [1.54, 1.807) is 7.11 Å². The van der Waals surface area contributed by atoms with Gasteiger partial charge in [0.05, 0.1) is 13.7 Å². The first-order valence-electron chi connectivity index (χ1n) is 8.29. The van der Waals surface area contributed by atoms with Gasteiger partial charge in [-0.3, -0.25) is 4.90 Å². The van der Waals surface area contributed by atoms with Gasteiger partial charge in [0.15, 0.2) is 0 Å². The Kier molecular flexibility index (Phi) is 5.10. The molecule has 1 saturated heterocycles. The van der Waals surface area contributed by atoms with Crippen molar-refractivity contribution in [1.29, 1.82) is 0 Å². The molecule has 24 heavy (non-hydrogen) atoms. The summed E-state index contributed by atoms with van der Waals surface area (Å²) >= 11 is 0. The fourth-order valence-corrected chi connectivity index (χ4v) is 2.97. The number of likely N-dealkylation sites (tertiary alicyclic amines) is 1. The normalized spacial score (nSPS) is 18.3. The van der Waals surface area contributed by atoms with Crippen molar-refractivity contribution in [1.82, 2.24) is 19.9 Å². The molecule has 1 fully saturated rings. The highest BCUT2D eigenvalue weighted by molar-refractivity contribution is 5.56. The summed E-state index contributed by atoms with van der Waals surface area (Å²) in [6, 6.07) is 8.14. The predicted molar refractivity (Wildman–Crippen MR) is 94.2 cm³/mol. The van der Waals surface area contributed by atoms with Gasteiger partial charge < -0.3 is 15.8 Å². The maximum Gasteiger partial charge on any atom is 0.232 e. The first kappa shape index (κ1) is 16.4. The van der Waals surface area contributed by atoms with Crippen LogP contribution in [0.3, 0.4) is 0 Å². The minimum absolute atomic E-state index is 0.232. The molecule has 3 N–H and O–H groups in total. The minimum atomic E-state index is 0.232. The summed E-state index contributed by atoms with van der Waals surface area (Å²) in [7, 11) is 1.64. The van der Waals surface area contributed by atoms with E-state index in [0.29, 0.717) is 24.4 Å². The topological polar surface area (TPSA) is 89.2 Å². The van der Waals surface area contributed by atoms with Crippen molar-refractivity contribution >= 4 is 17.6 Å². The summed E-state index contributed by atoms with van der Waals surface area (Å²) in [4.78, 5) is 15.4. The molecule has 0 aliphatic carbocycles. The molecule has 2 aromatic rings. The van der Waals surface area contributed by atoms with Crippen molar-refractivity contribution < 1.29 is 4.74 Å². The number of rotatable bonds is 5. The molecule has 7 nitrogen and oxygen atoms in total. The summed E-state index contributed by atoms with van der Waals surface area (Å²) in [5.74, 6) is 2.15. The standard InChI is InChI=1S/C17H24N6O/c1-12-6-3-4-9-23(12)11-15-20-16(18)22-17(21-15)19-13-7-5-8-14(10-13)24-2/h5,7-8,10,12H,3-4,6,9,11H2,1-2H3,(H3,18,19,20,21,22). The van der Waals surface area contributed by atoms with Gasteiger partial charge in [-0.05, 0) is 38.4 Å². The van der Waals surface area contributed by atoms with Gasteiger partial charge in [0.2, 0.25) is 11.9 Å². The first-order valence-corrected chi connectivity index (χ1v) is 8.29. The average Bonchev–Trinajstić information content (AvgIpc) is 2.56. The molecule has 128 valence electrons. The zero-order chi connectivity index (χ0) is 16.9. The van der Waals surface area contributed by atoms with E-state index in [9.17, 15) is 0 Å². The maximum absolute atomic E-state index is 5.86. The molecule has 1 unspecified atom stereocenters. The van der Waals surface area contributed by atoms with E-state index in [1.807, 2.05) is 24.3 Å². The van der Waals surface area contributed by atoms with Crippen LogP contribution in [0.25, 0.3) is 0 Å². The van der Waals surface area contributed by atoms with E-state index >= 15 is 0 Å². The van der Waals surface area contributed by atoms with Crippen molar-refractivity contribution in [2.75, 3.05) is 24.7 Å². The van der Waals surface area contributed by atoms with Gasteiger partial charge in [-0.25, -0.2) is 0 Å². The van der Waals surface area contributed by atoms with E-state index in [1.165, 1.54) is 19.3 Å². The Balaban J connectivity index is 1.75. The molecule has 1 aromatic carbocycles. The van der Waals surface area contributed by atoms with Crippen LogP contribution in [0.4, 0.5) is 17.6 Å². The molecular formula is C17H24N6O. The third kappa shape index (κ3) is 4.11. The van der Waals surface area contributed by atoms with Crippen molar-refractivity contribution in [3.05, 3.63) is 30.1 Å². The van der Waals surface area contributed by atoms with Crippen molar-refractivity contribution in [3.8, 4) is 5.75 Å². The summed E-state index contributed by atoms with van der Waals surface area (Å²) < 4.78 is 5.23. The monoisotopic (exact) mass is 328 g/mol. The number of hydrogen-bond donors (Lipinski definition) is 2. The van der Waals surface area contributed by atoms with Crippen LogP contribution in [0.1, 0.15) is 32.0 Å². The summed E-state index contributed by atoms with van der Waals surface area (Å²) in [6.07, 6.45) is 3.73. The van der Waals surface area contributed by atoms with E-state index in [0.717, 1.165) is 18.0 Å². The van der Waals surface area contributed by atoms with Gasteiger partial charge in [0, 0.05) is 17.8 Å². The van der Waals surface area contributed by atoms with E-state index < -0.39 is 0 Å². The highest BCUT2D eigenvalue weighted by Gasteiger charge is 2.19. The molecule has 0 bridgehead atoms. The number of ether oxygens (including phenoxy) is 1. The van der Waals surface area contributed by atoms with Crippen LogP contribution in [0, 0.1) is 0 Å². The second-order valence-corrected chi connectivity index (χ2v) is 6.11. The lowest BCUT2D eigenvalue weighted by Crippen LogP contribution is -2.37. The lowest BCUT2D eigenvalue weighted by Gasteiger charge is -2.32. The van der Waals surface area contributed by atoms with Crippen LogP contribution >= 0.6 is 0 Å². The minimum Gasteiger partial charge on any atom is -0.497 e. The van der Waals surface area contributed by atoms with Crippen LogP contribution in [-0.2, 0) is 6.54 Å². The van der Waals surface area contributed by atoms with Gasteiger partial charge in [0.25, 0.3) is 0 Å². The molecule has 0 saturated carbocycles. The number of nitrogens with zero attached hydrogens (tertiary/aromatic N) is 4. The zero-order valence-corrected chi connectivity index (χ0v) is 14.2. The molecule has 2 heterocycles. The van der Waals surface area contributed by atoms with Crippen molar-refractivity contribution in [3.63, 3.8) is 0 Å². The smallest absolute Gasteiger partial charge is 0.232 e. The van der Waals surface area contributed by atoms with E-state index in [-0.39, 0.29) is 5.95 Å². The number of methoxy groups -OCH3 is 1. The van der Waals surface area contributed by atoms with E-state index in [2.05, 4.69) is 32.1 Å². The van der Waals surface area contributed by atoms with Crippen LogP contribution < -0.4 is 15.8 Å². The number of piperidine rings is 1. The molecule has 1 aromatic heterocycles. The number of benzene rings is 1. The Bertz CT molecular complexity index is 693. The Morgan fingerprint density at radius 2 is 2.17 bits per heavy atom. The quantitative estimate of drug-likeness (QED) is 0.872. The fraction of sp³-hybridized carbons (Fsp3) is 0.471. The first-order chi connectivity index (χ1) is 11.6. The maximum atomic E-state index is 5.86. The number of nitrogens with two attached hydrogens (primary N) is 1. The Hall–Kier alpha value is -2.41. The molecule has 0 spiro atoms. The second-order valence-electron chi connectivity index (χ2n) is 6.11. The number of aromatic nitrogens is 3. The van der Waals surface area contributed by atoms with Crippen LogP contribution in [0.15, 0.2) is 24.3 Å². The molecule has 0 radical (unpaired) electrons. The molecule has 3 rings (SSSR count). The SMILES string of the molecule is COc1cccc(Nc2nc(N)nc(CN3CCCCC3C)n2)c1. The Morgan fingerprint density at radius 1 is 1.29 bits per heavy atom. The molecular weight excluding hydrogens is 304 g/mol. The highest BCUT2D eigenvalue weighted by Crippen LogP contribution is 2.21. The van der Waals surface area contributed by atoms with Crippen LogP contribution in [-0.4, -0.2) is 39.5 Å². The number of nitrogen functional groups attached to an aromatic ring is 1. The largest absolute Gasteiger partial charge is 0.497 e.